The maximum absolute atomic E-state index is 5.74. The summed E-state index contributed by atoms with van der Waals surface area (Å²) < 4.78 is 1.47. The fourth-order valence-corrected chi connectivity index (χ4v) is 1.01. The minimum atomic E-state index is 0.678. The van der Waals surface area contributed by atoms with Crippen LogP contribution in [0.4, 0.5) is 0 Å². The first-order chi connectivity index (χ1) is 4.88. The second-order valence-electron chi connectivity index (χ2n) is 1.89. The largest absolute Gasteiger partial charge is 0.256 e. The van der Waals surface area contributed by atoms with E-state index in [0.29, 0.717) is 5.82 Å². The number of nitrogens with zero attached hydrogens (tertiary/aromatic N) is 3. The molecule has 0 aromatic carbocycles. The van der Waals surface area contributed by atoms with E-state index in [1.165, 1.54) is 4.09 Å². The van der Waals surface area contributed by atoms with Gasteiger partial charge in [-0.1, -0.05) is 0 Å². The molecule has 2 rings (SSSR count). The third-order valence-corrected chi connectivity index (χ3v) is 1.58. The minimum Gasteiger partial charge on any atom is -0.256 e. The summed E-state index contributed by atoms with van der Waals surface area (Å²) in [6.07, 6.45) is 4.96. The van der Waals surface area contributed by atoms with Crippen molar-refractivity contribution in [2.75, 3.05) is 0 Å². The molecule has 0 N–H and O–H groups in total. The van der Waals surface area contributed by atoms with Gasteiger partial charge in [-0.2, -0.15) is 0 Å². The van der Waals surface area contributed by atoms with Crippen molar-refractivity contribution in [2.24, 2.45) is 0 Å². The Morgan fingerprint density at radius 3 is 2.90 bits per heavy atom. The molecule has 0 aromatic rings. The molecule has 0 saturated carbocycles. The Bertz CT molecular complexity index is 317. The Morgan fingerprint density at radius 2 is 2.10 bits per heavy atom. The first kappa shape index (κ1) is 5.68. The molecule has 0 radical (unpaired) electrons. The lowest BCUT2D eigenvalue weighted by molar-refractivity contribution is 1.11. The monoisotopic (exact) mass is 153 g/mol. The van der Waals surface area contributed by atoms with E-state index in [0.717, 1.165) is 5.69 Å². The normalized spacial score (nSPS) is 10.5. The van der Waals surface area contributed by atoms with Gasteiger partial charge in [0.2, 0.25) is 0 Å². The number of rotatable bonds is 0. The van der Waals surface area contributed by atoms with Crippen LogP contribution in [-0.2, 0) is 0 Å². The van der Waals surface area contributed by atoms with E-state index >= 15 is 0 Å². The highest BCUT2D eigenvalue weighted by molar-refractivity contribution is 6.16. The van der Waals surface area contributed by atoms with Crippen molar-refractivity contribution < 1.29 is 0 Å². The molecule has 10 heavy (non-hydrogen) atoms. The Balaban J connectivity index is 2.80. The van der Waals surface area contributed by atoms with E-state index < -0.39 is 0 Å². The summed E-state index contributed by atoms with van der Waals surface area (Å²) in [4.78, 5) is 7.95. The van der Waals surface area contributed by atoms with Gasteiger partial charge in [-0.25, -0.2) is 9.97 Å². The summed E-state index contributed by atoms with van der Waals surface area (Å²) in [5.74, 6) is 0.678. The van der Waals surface area contributed by atoms with E-state index in [1.807, 2.05) is 6.07 Å². The third kappa shape index (κ3) is 0.675. The topological polar surface area (TPSA) is 30.7 Å². The smallest absolute Gasteiger partial charge is 0.177 e. The van der Waals surface area contributed by atoms with Crippen LogP contribution in [0.25, 0.3) is 11.5 Å². The highest BCUT2D eigenvalue weighted by Gasteiger charge is 2.05. The van der Waals surface area contributed by atoms with Crippen LogP contribution in [-0.4, -0.2) is 14.1 Å². The van der Waals surface area contributed by atoms with E-state index in [-0.39, 0.29) is 0 Å². The van der Waals surface area contributed by atoms with Crippen LogP contribution < -0.4 is 0 Å². The summed E-state index contributed by atoms with van der Waals surface area (Å²) in [6.45, 7) is 0. The SMILES string of the molecule is Cln1ccnc2nccc1-2. The van der Waals surface area contributed by atoms with E-state index in [1.54, 1.807) is 18.6 Å². The van der Waals surface area contributed by atoms with Gasteiger partial charge >= 0.3 is 0 Å². The van der Waals surface area contributed by atoms with Gasteiger partial charge in [0.1, 0.15) is 5.69 Å². The predicted octanol–water partition coefficient (Wildman–Crippen LogP) is 1.38. The van der Waals surface area contributed by atoms with Gasteiger partial charge in [0.15, 0.2) is 5.82 Å². The molecule has 0 amide bonds. The summed E-state index contributed by atoms with van der Waals surface area (Å²) in [5.41, 5.74) is 0.837. The number of hydrogen-bond donors (Lipinski definition) is 0. The maximum atomic E-state index is 5.74. The lowest BCUT2D eigenvalue weighted by Gasteiger charge is -1.98. The fourth-order valence-electron chi connectivity index (χ4n) is 0.828. The molecule has 0 atom stereocenters. The first-order valence-electron chi connectivity index (χ1n) is 2.82. The number of halogens is 1. The van der Waals surface area contributed by atoms with Crippen molar-refractivity contribution in [1.82, 2.24) is 14.1 Å². The zero-order valence-electron chi connectivity index (χ0n) is 5.03. The van der Waals surface area contributed by atoms with Gasteiger partial charge in [-0.05, 0) is 6.07 Å². The van der Waals surface area contributed by atoms with Gasteiger partial charge in [-0.15, -0.1) is 0 Å². The Kier molecular flexibility index (Phi) is 1.11. The number of hydrogen-bond acceptors (Lipinski definition) is 2. The van der Waals surface area contributed by atoms with Crippen LogP contribution in [0.3, 0.4) is 0 Å². The highest BCUT2D eigenvalue weighted by Crippen LogP contribution is 2.16. The lowest BCUT2D eigenvalue weighted by Crippen LogP contribution is -1.91. The Hall–Kier alpha value is -1.09. The zero-order valence-corrected chi connectivity index (χ0v) is 5.78. The lowest BCUT2D eigenvalue weighted by atomic mass is 10.4. The molecule has 0 saturated heterocycles. The molecule has 0 bridgehead atoms. The summed E-state index contributed by atoms with van der Waals surface area (Å²) >= 11 is 5.74. The van der Waals surface area contributed by atoms with Crippen molar-refractivity contribution in [3.63, 3.8) is 0 Å². The number of aromatic nitrogens is 3. The molecular weight excluding hydrogens is 150 g/mol. The number of fused-ring (bicyclic) bond motifs is 1. The molecule has 2 aliphatic rings. The summed E-state index contributed by atoms with van der Waals surface area (Å²) in [5, 5.41) is 0. The standard InChI is InChI=1S/C6H4ClN3/c7-10-4-3-9-6-5(10)1-2-8-6/h1-4H. The molecule has 0 spiro atoms. The quantitative estimate of drug-likeness (QED) is 0.573. The average Bonchev–Trinajstić information content (AvgIpc) is 2.36. The zero-order chi connectivity index (χ0) is 6.97. The fraction of sp³-hybridized carbons (Fsp3) is 0. The Morgan fingerprint density at radius 1 is 1.30 bits per heavy atom. The molecule has 2 heterocycles. The average molecular weight is 154 g/mol. The second-order valence-corrected chi connectivity index (χ2v) is 2.26. The van der Waals surface area contributed by atoms with Crippen LogP contribution in [0.1, 0.15) is 0 Å². The van der Waals surface area contributed by atoms with Crippen LogP contribution in [0, 0.1) is 0 Å². The van der Waals surface area contributed by atoms with E-state index in [4.69, 9.17) is 11.8 Å². The first-order valence-corrected chi connectivity index (χ1v) is 3.16. The van der Waals surface area contributed by atoms with Crippen LogP contribution >= 0.6 is 11.8 Å². The summed E-state index contributed by atoms with van der Waals surface area (Å²) in [7, 11) is 0. The van der Waals surface area contributed by atoms with E-state index in [2.05, 4.69) is 9.97 Å². The van der Waals surface area contributed by atoms with Gasteiger partial charge in [-0.3, -0.25) is 4.09 Å². The third-order valence-electron chi connectivity index (χ3n) is 1.28. The molecular formula is C6H4ClN3. The van der Waals surface area contributed by atoms with Crippen molar-refractivity contribution in [3.05, 3.63) is 24.7 Å². The van der Waals surface area contributed by atoms with Crippen molar-refractivity contribution in [1.29, 1.82) is 0 Å². The van der Waals surface area contributed by atoms with Crippen LogP contribution in [0.15, 0.2) is 24.7 Å². The summed E-state index contributed by atoms with van der Waals surface area (Å²) in [6, 6.07) is 1.81. The second kappa shape index (κ2) is 1.95. The molecule has 0 unspecified atom stereocenters. The molecule has 3 nitrogen and oxygen atoms in total. The van der Waals surface area contributed by atoms with Gasteiger partial charge in [0.25, 0.3) is 0 Å². The molecule has 0 aromatic heterocycles. The predicted molar refractivity (Wildman–Crippen MR) is 37.9 cm³/mol. The van der Waals surface area contributed by atoms with Crippen molar-refractivity contribution in [3.8, 4) is 11.5 Å². The van der Waals surface area contributed by atoms with E-state index in [9.17, 15) is 0 Å². The minimum absolute atomic E-state index is 0.678. The maximum Gasteiger partial charge on any atom is 0.177 e. The van der Waals surface area contributed by atoms with Crippen molar-refractivity contribution in [2.45, 2.75) is 0 Å². The molecule has 50 valence electrons. The van der Waals surface area contributed by atoms with Gasteiger partial charge in [0, 0.05) is 30.4 Å². The Labute approximate surface area is 62.7 Å². The highest BCUT2D eigenvalue weighted by atomic mass is 35.5. The molecule has 4 heteroatoms. The van der Waals surface area contributed by atoms with Crippen LogP contribution in [0.5, 0.6) is 0 Å². The van der Waals surface area contributed by atoms with Crippen molar-refractivity contribution >= 4 is 11.8 Å². The molecule has 0 aliphatic carbocycles. The molecule has 0 fully saturated rings. The van der Waals surface area contributed by atoms with Gasteiger partial charge < -0.3 is 0 Å². The van der Waals surface area contributed by atoms with Crippen LogP contribution in [0.2, 0.25) is 0 Å². The molecule has 2 aliphatic heterocycles. The van der Waals surface area contributed by atoms with Gasteiger partial charge in [0.05, 0.1) is 0 Å².